The molecule has 0 aliphatic rings. The van der Waals surface area contributed by atoms with Crippen molar-refractivity contribution in [2.45, 2.75) is 0 Å². The summed E-state index contributed by atoms with van der Waals surface area (Å²) in [5.41, 5.74) is 0. The molecule has 0 aromatic carbocycles. The van der Waals surface area contributed by atoms with E-state index in [0.29, 0.717) is 0 Å². The van der Waals surface area contributed by atoms with Crippen LogP contribution in [-0.2, 0) is 17.1 Å². The number of H-pyrrole nitrogens is 1. The molecule has 0 amide bonds. The van der Waals surface area contributed by atoms with E-state index in [9.17, 15) is 0 Å². The van der Waals surface area contributed by atoms with Gasteiger partial charge in [0, 0.05) is 6.20 Å². The molecule has 1 aromatic rings. The standard InChI is InChI=1S/C2H3N3.2ClHO4.Cu/c1-2-4-5-3-1;2*2-1(3,4)5;/h1-2H,(H,3,4,5);2*(H,2,3,4,5);/q;;;+2/p-2. The van der Waals surface area contributed by atoms with E-state index < -0.39 is 20.5 Å². The maximum Gasteiger partial charge on any atom is 2.00 e. The number of rotatable bonds is 0. The molecular weight excluding hydrogens is 328 g/mol. The second kappa shape index (κ2) is 10.1. The van der Waals surface area contributed by atoms with Gasteiger partial charge in [-0.2, -0.15) is 0 Å². The fraction of sp³-hybridized carbons (Fsp3) is 0. The fourth-order valence-corrected chi connectivity index (χ4v) is 0.167. The Morgan fingerprint density at radius 3 is 1.19 bits per heavy atom. The Bertz CT molecular complexity index is 181. The van der Waals surface area contributed by atoms with E-state index in [1.165, 1.54) is 0 Å². The molecular formula is C2H3Cl2CuN3O8. The van der Waals surface area contributed by atoms with Gasteiger partial charge in [-0.1, -0.05) is 5.21 Å². The molecule has 0 spiro atoms. The third kappa shape index (κ3) is 96.0. The molecule has 1 heterocycles. The van der Waals surface area contributed by atoms with Crippen LogP contribution in [0.25, 0.3) is 0 Å². The number of halogens is 2. The van der Waals surface area contributed by atoms with Crippen molar-refractivity contribution in [1.29, 1.82) is 0 Å². The minimum atomic E-state index is -4.94. The van der Waals surface area contributed by atoms with Crippen LogP contribution in [0.1, 0.15) is 0 Å². The van der Waals surface area contributed by atoms with Crippen molar-refractivity contribution < 1.29 is 74.8 Å². The van der Waals surface area contributed by atoms with Crippen LogP contribution < -0.4 is 37.3 Å². The zero-order valence-electron chi connectivity index (χ0n) is 6.87. The van der Waals surface area contributed by atoms with Gasteiger partial charge in [-0.15, -0.1) is 25.6 Å². The molecule has 1 radical (unpaired) electrons. The van der Waals surface area contributed by atoms with Crippen molar-refractivity contribution in [3.63, 3.8) is 0 Å². The van der Waals surface area contributed by atoms with E-state index in [2.05, 4.69) is 15.4 Å². The smallest absolute Gasteiger partial charge is 0.266 e. The Hall–Kier alpha value is -0.0805. The molecule has 14 heteroatoms. The summed E-state index contributed by atoms with van der Waals surface area (Å²) in [5.74, 6) is 0. The minimum absolute atomic E-state index is 0. The average molecular weight is 332 g/mol. The number of hydrogen-bond donors (Lipinski definition) is 1. The maximum absolute atomic E-state index is 8.49. The monoisotopic (exact) mass is 330 g/mol. The summed E-state index contributed by atoms with van der Waals surface area (Å²) in [6, 6.07) is 0. The van der Waals surface area contributed by atoms with Crippen molar-refractivity contribution in [2.24, 2.45) is 0 Å². The molecule has 0 atom stereocenters. The molecule has 99 valence electrons. The molecule has 0 saturated heterocycles. The van der Waals surface area contributed by atoms with Gasteiger partial charge in [0.05, 0.1) is 6.20 Å². The van der Waals surface area contributed by atoms with Gasteiger partial charge in [-0.3, -0.25) is 5.10 Å². The molecule has 0 fully saturated rings. The van der Waals surface area contributed by atoms with E-state index in [-0.39, 0.29) is 17.1 Å². The number of nitrogens with one attached hydrogen (secondary N) is 1. The molecule has 0 saturated carbocycles. The molecule has 1 aromatic heterocycles. The van der Waals surface area contributed by atoms with Crippen molar-refractivity contribution in [3.05, 3.63) is 12.4 Å². The quantitative estimate of drug-likeness (QED) is 0.441. The first-order valence-corrected chi connectivity index (χ1v) is 5.01. The van der Waals surface area contributed by atoms with Crippen LogP contribution in [0.5, 0.6) is 0 Å². The Kier molecular flexibility index (Phi) is 13.4. The molecule has 0 aliphatic carbocycles. The fourth-order valence-electron chi connectivity index (χ4n) is 0.167. The van der Waals surface area contributed by atoms with Gasteiger partial charge >= 0.3 is 17.1 Å². The Morgan fingerprint density at radius 2 is 1.12 bits per heavy atom. The molecule has 1 rings (SSSR count). The van der Waals surface area contributed by atoms with Gasteiger partial charge in [0.2, 0.25) is 0 Å². The van der Waals surface area contributed by atoms with Crippen molar-refractivity contribution >= 4 is 0 Å². The second-order valence-electron chi connectivity index (χ2n) is 1.42. The first-order valence-electron chi connectivity index (χ1n) is 2.54. The van der Waals surface area contributed by atoms with E-state index in [0.717, 1.165) is 0 Å². The van der Waals surface area contributed by atoms with Crippen LogP contribution in [0.15, 0.2) is 12.4 Å². The van der Waals surface area contributed by atoms with E-state index in [1.807, 2.05) is 0 Å². The third-order valence-corrected chi connectivity index (χ3v) is 0.331. The summed E-state index contributed by atoms with van der Waals surface area (Å²) in [4.78, 5) is 0. The van der Waals surface area contributed by atoms with Crippen LogP contribution in [0, 0.1) is 20.5 Å². The molecule has 0 unspecified atom stereocenters. The average Bonchev–Trinajstić information content (AvgIpc) is 2.28. The van der Waals surface area contributed by atoms with Crippen LogP contribution in [0.3, 0.4) is 0 Å². The predicted molar refractivity (Wildman–Crippen MR) is 16.4 cm³/mol. The van der Waals surface area contributed by atoms with Crippen molar-refractivity contribution in [3.8, 4) is 0 Å². The van der Waals surface area contributed by atoms with E-state index in [1.54, 1.807) is 12.4 Å². The number of hydrogen-bond acceptors (Lipinski definition) is 10. The Balaban J connectivity index is -0.000000154. The SMILES string of the molecule is [Cu+2].[O-][Cl+3]([O-])([O-])[O-].[O-][Cl+3]([O-])([O-])[O-].c1c[nH]nn1. The molecule has 16 heavy (non-hydrogen) atoms. The summed E-state index contributed by atoms with van der Waals surface area (Å²) >= 11 is 0. The van der Waals surface area contributed by atoms with Gasteiger partial charge in [0.15, 0.2) is 0 Å². The summed E-state index contributed by atoms with van der Waals surface area (Å²) in [6.45, 7) is 0. The Morgan fingerprint density at radius 1 is 0.812 bits per heavy atom. The van der Waals surface area contributed by atoms with E-state index in [4.69, 9.17) is 37.3 Å². The number of aromatic amines is 1. The van der Waals surface area contributed by atoms with Gasteiger partial charge < -0.3 is 0 Å². The predicted octanol–water partition coefficient (Wildman–Crippen LogP) is -9.71. The topological polar surface area (TPSA) is 226 Å². The molecule has 11 nitrogen and oxygen atoms in total. The first kappa shape index (κ1) is 21.2. The zero-order valence-corrected chi connectivity index (χ0v) is 9.33. The Labute approximate surface area is 103 Å². The van der Waals surface area contributed by atoms with Gasteiger partial charge in [-0.05, 0) is 0 Å². The first-order chi connectivity index (χ1) is 6.50. The van der Waals surface area contributed by atoms with Crippen LogP contribution >= 0.6 is 0 Å². The summed E-state index contributed by atoms with van der Waals surface area (Å²) < 4.78 is 67.9. The van der Waals surface area contributed by atoms with Gasteiger partial charge in [-0.25, -0.2) is 37.3 Å². The zero-order chi connectivity index (χ0) is 12.5. The van der Waals surface area contributed by atoms with Crippen molar-refractivity contribution in [1.82, 2.24) is 15.4 Å². The third-order valence-electron chi connectivity index (χ3n) is 0.331. The molecule has 1 N–H and O–H groups in total. The van der Waals surface area contributed by atoms with Crippen molar-refractivity contribution in [2.75, 3.05) is 0 Å². The van der Waals surface area contributed by atoms with Gasteiger partial charge in [0.1, 0.15) is 0 Å². The number of nitrogens with zero attached hydrogens (tertiary/aromatic N) is 2. The second-order valence-corrected chi connectivity index (χ2v) is 2.93. The molecule has 0 aliphatic heterocycles. The van der Waals surface area contributed by atoms with Crippen LogP contribution in [0.2, 0.25) is 0 Å². The maximum atomic E-state index is 8.49. The summed E-state index contributed by atoms with van der Waals surface area (Å²) in [6.07, 6.45) is 3.24. The molecule has 0 bridgehead atoms. The van der Waals surface area contributed by atoms with Crippen LogP contribution in [0.4, 0.5) is 0 Å². The largest absolute Gasteiger partial charge is 2.00 e. The minimum Gasteiger partial charge on any atom is -0.266 e. The van der Waals surface area contributed by atoms with E-state index >= 15 is 0 Å². The normalized spacial score (nSPS) is 10.0. The number of aromatic nitrogens is 3. The van der Waals surface area contributed by atoms with Crippen LogP contribution in [-0.4, -0.2) is 15.4 Å². The summed E-state index contributed by atoms with van der Waals surface area (Å²) in [7, 11) is -9.89. The van der Waals surface area contributed by atoms with Gasteiger partial charge in [0.25, 0.3) is 0 Å². The summed E-state index contributed by atoms with van der Waals surface area (Å²) in [5, 5.41) is 9.26.